The lowest BCUT2D eigenvalue weighted by atomic mass is 9.96. The third-order valence-electron chi connectivity index (χ3n) is 5.45. The average molecular weight is 423 g/mol. The molecule has 31 heavy (non-hydrogen) atoms. The Kier molecular flexibility index (Phi) is 8.24. The monoisotopic (exact) mass is 422 g/mol. The number of rotatable bonds is 11. The first kappa shape index (κ1) is 22.6. The van der Waals surface area contributed by atoms with Crippen LogP contribution in [0.25, 0.3) is 0 Å². The molecule has 0 aliphatic carbocycles. The lowest BCUT2D eigenvalue weighted by Crippen LogP contribution is -2.23. The summed E-state index contributed by atoms with van der Waals surface area (Å²) in [5.41, 5.74) is 4.10. The van der Waals surface area contributed by atoms with Gasteiger partial charge in [-0.3, -0.25) is 4.79 Å². The fourth-order valence-corrected chi connectivity index (χ4v) is 3.47. The quantitative estimate of drug-likeness (QED) is 0.310. The number of ether oxygens (including phenoxy) is 2. The minimum atomic E-state index is -0.440. The molecule has 1 fully saturated rings. The molecule has 1 heterocycles. The molecule has 0 bridgehead atoms. The normalized spacial score (nSPS) is 18.4. The first-order chi connectivity index (χ1) is 15.1. The number of alkyl carbamates (subject to hydrolysis) is 1. The van der Waals surface area contributed by atoms with Crippen molar-refractivity contribution in [1.82, 2.24) is 5.32 Å². The Labute approximate surface area is 183 Å². The van der Waals surface area contributed by atoms with Gasteiger partial charge in [0.25, 0.3) is 0 Å². The van der Waals surface area contributed by atoms with E-state index in [2.05, 4.69) is 29.7 Å². The van der Waals surface area contributed by atoms with Crippen molar-refractivity contribution in [2.24, 2.45) is 5.92 Å². The van der Waals surface area contributed by atoms with Gasteiger partial charge < -0.3 is 20.1 Å². The van der Waals surface area contributed by atoms with Crippen LogP contribution < -0.4 is 10.6 Å². The SMILES string of the molecule is CNc1ccc(COC(=O)NCc2ccc(C3OC3[C@@H](C)CC/C=C/C=O)cc2)cc1. The molecule has 2 aromatic carbocycles. The minimum Gasteiger partial charge on any atom is -0.445 e. The molecule has 1 saturated heterocycles. The number of anilines is 1. The molecule has 0 saturated carbocycles. The topological polar surface area (TPSA) is 80.0 Å². The van der Waals surface area contributed by atoms with Crippen LogP contribution >= 0.6 is 0 Å². The van der Waals surface area contributed by atoms with Crippen LogP contribution in [-0.2, 0) is 27.4 Å². The van der Waals surface area contributed by atoms with E-state index in [1.807, 2.05) is 49.5 Å². The zero-order chi connectivity index (χ0) is 22.1. The number of benzene rings is 2. The molecule has 2 unspecified atom stereocenters. The third kappa shape index (κ3) is 6.96. The van der Waals surface area contributed by atoms with Crippen molar-refractivity contribution >= 4 is 18.1 Å². The molecule has 0 radical (unpaired) electrons. The number of hydrogen-bond acceptors (Lipinski definition) is 5. The second kappa shape index (κ2) is 11.3. The molecule has 164 valence electrons. The number of carbonyl (C=O) groups excluding carboxylic acids is 2. The minimum absolute atomic E-state index is 0.131. The number of hydrogen-bond donors (Lipinski definition) is 2. The van der Waals surface area contributed by atoms with Crippen molar-refractivity contribution in [2.45, 2.75) is 45.1 Å². The maximum atomic E-state index is 12.0. The molecule has 3 atom stereocenters. The second-order valence-electron chi connectivity index (χ2n) is 7.76. The summed E-state index contributed by atoms with van der Waals surface area (Å²) < 4.78 is 11.1. The van der Waals surface area contributed by atoms with E-state index in [-0.39, 0.29) is 18.8 Å². The summed E-state index contributed by atoms with van der Waals surface area (Å²) in [5, 5.41) is 5.83. The summed E-state index contributed by atoms with van der Waals surface area (Å²) in [4.78, 5) is 22.3. The van der Waals surface area contributed by atoms with E-state index >= 15 is 0 Å². The van der Waals surface area contributed by atoms with Gasteiger partial charge in [0.1, 0.15) is 19.0 Å². The Morgan fingerprint density at radius 3 is 2.52 bits per heavy atom. The van der Waals surface area contributed by atoms with Crippen LogP contribution in [0.1, 0.15) is 42.6 Å². The maximum absolute atomic E-state index is 12.0. The summed E-state index contributed by atoms with van der Waals surface area (Å²) >= 11 is 0. The predicted molar refractivity (Wildman–Crippen MR) is 121 cm³/mol. The van der Waals surface area contributed by atoms with Gasteiger partial charge in [0.15, 0.2) is 0 Å². The fraction of sp³-hybridized carbons (Fsp3) is 0.360. The lowest BCUT2D eigenvalue weighted by molar-refractivity contribution is -0.104. The van der Waals surface area contributed by atoms with E-state index in [9.17, 15) is 9.59 Å². The summed E-state index contributed by atoms with van der Waals surface area (Å²) in [6, 6.07) is 15.8. The summed E-state index contributed by atoms with van der Waals surface area (Å²) in [5.74, 6) is 0.437. The van der Waals surface area contributed by atoms with E-state index in [1.165, 1.54) is 0 Å². The van der Waals surface area contributed by atoms with E-state index < -0.39 is 6.09 Å². The number of allylic oxidation sites excluding steroid dienone is 2. The maximum Gasteiger partial charge on any atom is 0.407 e. The molecule has 1 amide bonds. The predicted octanol–water partition coefficient (Wildman–Crippen LogP) is 4.77. The van der Waals surface area contributed by atoms with Crippen molar-refractivity contribution in [3.8, 4) is 0 Å². The van der Waals surface area contributed by atoms with Crippen LogP contribution in [0.2, 0.25) is 0 Å². The van der Waals surface area contributed by atoms with E-state index in [1.54, 1.807) is 6.08 Å². The van der Waals surface area contributed by atoms with Gasteiger partial charge in [-0.2, -0.15) is 0 Å². The van der Waals surface area contributed by atoms with Crippen molar-refractivity contribution < 1.29 is 19.1 Å². The Morgan fingerprint density at radius 1 is 1.13 bits per heavy atom. The first-order valence-electron chi connectivity index (χ1n) is 10.6. The molecular formula is C25H30N2O4. The Bertz CT molecular complexity index is 877. The van der Waals surface area contributed by atoms with E-state index in [0.717, 1.165) is 41.5 Å². The van der Waals surface area contributed by atoms with Crippen LogP contribution in [0.4, 0.5) is 10.5 Å². The van der Waals surface area contributed by atoms with Crippen LogP contribution in [0, 0.1) is 5.92 Å². The molecule has 1 aliphatic heterocycles. The van der Waals surface area contributed by atoms with Crippen molar-refractivity contribution in [3.05, 3.63) is 77.4 Å². The molecule has 0 aromatic heterocycles. The number of carbonyl (C=O) groups is 2. The van der Waals surface area contributed by atoms with Gasteiger partial charge in [-0.25, -0.2) is 4.79 Å². The highest BCUT2D eigenvalue weighted by molar-refractivity contribution is 5.67. The van der Waals surface area contributed by atoms with Crippen LogP contribution in [0.3, 0.4) is 0 Å². The lowest BCUT2D eigenvalue weighted by Gasteiger charge is -2.09. The molecule has 2 N–H and O–H groups in total. The fourth-order valence-electron chi connectivity index (χ4n) is 3.47. The molecule has 6 heteroatoms. The number of nitrogens with one attached hydrogen (secondary N) is 2. The first-order valence-corrected chi connectivity index (χ1v) is 10.6. The molecule has 1 aliphatic rings. The molecular weight excluding hydrogens is 392 g/mol. The Morgan fingerprint density at radius 2 is 1.84 bits per heavy atom. The summed E-state index contributed by atoms with van der Waals surface area (Å²) in [6.07, 6.45) is 6.04. The van der Waals surface area contributed by atoms with Crippen LogP contribution in [-0.4, -0.2) is 25.5 Å². The second-order valence-corrected chi connectivity index (χ2v) is 7.76. The Balaban J connectivity index is 1.38. The summed E-state index contributed by atoms with van der Waals surface area (Å²) in [7, 11) is 1.86. The smallest absolute Gasteiger partial charge is 0.407 e. The molecule has 2 aromatic rings. The number of amides is 1. The van der Waals surface area contributed by atoms with Gasteiger partial charge in [0.2, 0.25) is 0 Å². The number of aldehydes is 1. The van der Waals surface area contributed by atoms with Crippen molar-refractivity contribution in [1.29, 1.82) is 0 Å². The van der Waals surface area contributed by atoms with Gasteiger partial charge in [-0.05, 0) is 53.7 Å². The van der Waals surface area contributed by atoms with Crippen molar-refractivity contribution in [3.63, 3.8) is 0 Å². The van der Waals surface area contributed by atoms with Gasteiger partial charge >= 0.3 is 6.09 Å². The molecule has 3 rings (SSSR count). The largest absolute Gasteiger partial charge is 0.445 e. The van der Waals surface area contributed by atoms with Crippen LogP contribution in [0.15, 0.2) is 60.7 Å². The Hall–Kier alpha value is -3.12. The van der Waals surface area contributed by atoms with E-state index in [0.29, 0.717) is 12.5 Å². The number of epoxide rings is 1. The van der Waals surface area contributed by atoms with Gasteiger partial charge in [0, 0.05) is 19.3 Å². The van der Waals surface area contributed by atoms with Gasteiger partial charge in [-0.15, -0.1) is 0 Å². The van der Waals surface area contributed by atoms with Crippen molar-refractivity contribution in [2.75, 3.05) is 12.4 Å². The third-order valence-corrected chi connectivity index (χ3v) is 5.45. The standard InChI is InChI=1S/C25H30N2O4/c1-18(6-4-3-5-15-28)23-24(31-23)21-11-7-19(8-12-21)16-27-25(29)30-17-20-9-13-22(26-2)14-10-20/h3,5,7-15,18,23-24,26H,4,6,16-17H2,1-2H3,(H,27,29)/b5-3+/t18-,23?,24?/m0/s1. The summed E-state index contributed by atoms with van der Waals surface area (Å²) in [6.45, 7) is 2.82. The zero-order valence-electron chi connectivity index (χ0n) is 18.0. The highest BCUT2D eigenvalue weighted by Gasteiger charge is 2.43. The highest BCUT2D eigenvalue weighted by atomic mass is 16.6. The van der Waals surface area contributed by atoms with Crippen LogP contribution in [0.5, 0.6) is 0 Å². The van der Waals surface area contributed by atoms with E-state index in [4.69, 9.17) is 9.47 Å². The zero-order valence-corrected chi connectivity index (χ0v) is 18.0. The molecule has 0 spiro atoms. The van der Waals surface area contributed by atoms with Gasteiger partial charge in [-0.1, -0.05) is 49.4 Å². The highest BCUT2D eigenvalue weighted by Crippen LogP contribution is 2.44. The average Bonchev–Trinajstić information content (AvgIpc) is 3.61. The molecule has 6 nitrogen and oxygen atoms in total. The van der Waals surface area contributed by atoms with Gasteiger partial charge in [0.05, 0.1) is 6.10 Å².